The van der Waals surface area contributed by atoms with E-state index in [1.165, 1.54) is 5.56 Å². The fourth-order valence-electron chi connectivity index (χ4n) is 4.49. The molecule has 0 saturated heterocycles. The van der Waals surface area contributed by atoms with Crippen LogP contribution in [0.1, 0.15) is 61.2 Å². The van der Waals surface area contributed by atoms with E-state index >= 15 is 0 Å². The molecule has 7 heteroatoms. The summed E-state index contributed by atoms with van der Waals surface area (Å²) in [5, 5.41) is 31.2. The van der Waals surface area contributed by atoms with E-state index in [9.17, 15) is 15.0 Å². The normalized spacial score (nSPS) is 19.0. The Morgan fingerprint density at radius 1 is 1.20 bits per heavy atom. The second-order valence-corrected chi connectivity index (χ2v) is 8.99. The Hall–Kier alpha value is -3.73. The number of imidazole rings is 1. The number of aliphatic hydroxyl groups is 2. The highest BCUT2D eigenvalue weighted by Gasteiger charge is 2.31. The smallest absolute Gasteiger partial charge is 0.234 e. The summed E-state index contributed by atoms with van der Waals surface area (Å²) in [6.07, 6.45) is 8.27. The number of carbonyl (C=O) groups is 1. The molecule has 2 aromatic carbocycles. The maximum atomic E-state index is 11.5. The van der Waals surface area contributed by atoms with Crippen molar-refractivity contribution in [3.63, 3.8) is 0 Å². The summed E-state index contributed by atoms with van der Waals surface area (Å²) in [4.78, 5) is 15.7. The van der Waals surface area contributed by atoms with Gasteiger partial charge < -0.3 is 20.1 Å². The molecule has 180 valence electrons. The number of carbonyl (C=O) groups excluding carboxylic acids is 1. The van der Waals surface area contributed by atoms with E-state index in [-0.39, 0.29) is 31.0 Å². The molecule has 1 fully saturated rings. The van der Waals surface area contributed by atoms with Crippen molar-refractivity contribution in [1.29, 1.82) is 5.26 Å². The third-order valence-corrected chi connectivity index (χ3v) is 6.50. The lowest BCUT2D eigenvalue weighted by Gasteiger charge is -2.36. The molecule has 1 aliphatic carbocycles. The second-order valence-electron chi connectivity index (χ2n) is 8.99. The summed E-state index contributed by atoms with van der Waals surface area (Å²) in [5.74, 6) is 0.768. The fraction of sp³-hybridized carbons (Fsp3) is 0.321. The Kier molecular flexibility index (Phi) is 7.76. The van der Waals surface area contributed by atoms with Gasteiger partial charge in [-0.25, -0.2) is 4.98 Å². The van der Waals surface area contributed by atoms with Gasteiger partial charge in [0.15, 0.2) is 0 Å². The summed E-state index contributed by atoms with van der Waals surface area (Å²) < 4.78 is 1.78. The molecule has 3 N–H and O–H groups in total. The van der Waals surface area contributed by atoms with Gasteiger partial charge in [0.1, 0.15) is 18.3 Å². The van der Waals surface area contributed by atoms with Crippen molar-refractivity contribution in [3.8, 4) is 17.2 Å². The van der Waals surface area contributed by atoms with Gasteiger partial charge in [0.25, 0.3) is 0 Å². The number of aromatic nitrogens is 2. The van der Waals surface area contributed by atoms with Crippen LogP contribution in [-0.2, 0) is 4.79 Å². The van der Waals surface area contributed by atoms with E-state index in [4.69, 9.17) is 5.26 Å². The molecule has 4 rings (SSSR count). The van der Waals surface area contributed by atoms with Crippen LogP contribution in [0.25, 0.3) is 17.2 Å². The van der Waals surface area contributed by atoms with Gasteiger partial charge in [-0.05, 0) is 47.9 Å². The molecule has 1 heterocycles. The van der Waals surface area contributed by atoms with Crippen LogP contribution in [0.3, 0.4) is 0 Å². The van der Waals surface area contributed by atoms with Gasteiger partial charge in [0, 0.05) is 18.4 Å². The van der Waals surface area contributed by atoms with Crippen LogP contribution in [0.4, 0.5) is 0 Å². The zero-order valence-electron chi connectivity index (χ0n) is 19.7. The minimum atomic E-state index is -0.709. The molecule has 1 saturated carbocycles. The van der Waals surface area contributed by atoms with Gasteiger partial charge in [0.2, 0.25) is 5.91 Å². The van der Waals surface area contributed by atoms with Crippen LogP contribution in [0.15, 0.2) is 67.0 Å². The molecule has 1 amide bonds. The molecular weight excluding hydrogens is 440 g/mol. The Bertz CT molecular complexity index is 1200. The summed E-state index contributed by atoms with van der Waals surface area (Å²) in [6, 6.07) is 18.5. The SMILES string of the molecule is C[C@H](O)c1nccn1[C@@H](/C=C/c1ccc(-c2ccc(C3CC(NC(=O)CC#N)C3)cc2)cc1)CO. The summed E-state index contributed by atoms with van der Waals surface area (Å²) in [5.41, 5.74) is 4.54. The number of aliphatic hydroxyl groups excluding tert-OH is 2. The number of benzene rings is 2. The average Bonchev–Trinajstić information content (AvgIpc) is 3.33. The Balaban J connectivity index is 1.35. The van der Waals surface area contributed by atoms with Crippen LogP contribution in [0, 0.1) is 11.3 Å². The highest BCUT2D eigenvalue weighted by atomic mass is 16.3. The third kappa shape index (κ3) is 5.86. The lowest BCUT2D eigenvalue weighted by atomic mass is 9.75. The van der Waals surface area contributed by atoms with Crippen molar-refractivity contribution >= 4 is 12.0 Å². The molecule has 2 atom stereocenters. The predicted octanol–water partition coefficient (Wildman–Crippen LogP) is 4.13. The van der Waals surface area contributed by atoms with Crippen LogP contribution in [-0.4, -0.2) is 38.3 Å². The molecular formula is C28H30N4O3. The average molecular weight is 471 g/mol. The largest absolute Gasteiger partial charge is 0.394 e. The zero-order valence-corrected chi connectivity index (χ0v) is 19.7. The topological polar surface area (TPSA) is 111 Å². The van der Waals surface area contributed by atoms with E-state index in [2.05, 4.69) is 46.7 Å². The monoisotopic (exact) mass is 470 g/mol. The molecule has 0 bridgehead atoms. The zero-order chi connectivity index (χ0) is 24.8. The number of nitriles is 1. The highest BCUT2D eigenvalue weighted by molar-refractivity contribution is 5.78. The minimum absolute atomic E-state index is 0.0823. The number of nitrogens with zero attached hydrogens (tertiary/aromatic N) is 3. The standard InChI is InChI=1S/C28H30N4O3/c1-19(34)28-30-14-15-32(28)26(18-33)11-4-20-2-5-21(6-3-20)22-7-9-23(10-8-22)24-16-25(17-24)31-27(35)12-13-29/h2-11,14-15,19,24-26,33-34H,12,16-18H2,1H3,(H,31,35)/b11-4+/t19-,24?,25?,26-/m0/s1. The van der Waals surface area contributed by atoms with E-state index in [1.54, 1.807) is 23.9 Å². The van der Waals surface area contributed by atoms with E-state index in [1.807, 2.05) is 30.4 Å². The van der Waals surface area contributed by atoms with Gasteiger partial charge in [-0.15, -0.1) is 0 Å². The molecule has 3 aromatic rings. The molecule has 0 unspecified atom stereocenters. The highest BCUT2D eigenvalue weighted by Crippen LogP contribution is 2.37. The Labute approximate surface area is 205 Å². The first-order valence-electron chi connectivity index (χ1n) is 11.8. The van der Waals surface area contributed by atoms with Crippen molar-refractivity contribution in [2.45, 2.75) is 50.3 Å². The van der Waals surface area contributed by atoms with Crippen molar-refractivity contribution in [1.82, 2.24) is 14.9 Å². The maximum absolute atomic E-state index is 11.5. The van der Waals surface area contributed by atoms with Gasteiger partial charge in [-0.1, -0.05) is 60.7 Å². The van der Waals surface area contributed by atoms with Crippen molar-refractivity contribution in [3.05, 3.63) is 84.0 Å². The molecule has 0 aliphatic heterocycles. The lowest BCUT2D eigenvalue weighted by molar-refractivity contribution is -0.121. The number of hydrogen-bond donors (Lipinski definition) is 3. The first kappa shape index (κ1) is 24.4. The number of rotatable bonds is 9. The Morgan fingerprint density at radius 3 is 2.46 bits per heavy atom. The van der Waals surface area contributed by atoms with Crippen LogP contribution in [0.5, 0.6) is 0 Å². The molecule has 0 spiro atoms. The van der Waals surface area contributed by atoms with E-state index in [0.717, 1.165) is 29.5 Å². The first-order valence-corrected chi connectivity index (χ1v) is 11.8. The minimum Gasteiger partial charge on any atom is -0.394 e. The molecule has 1 aliphatic rings. The molecule has 1 aromatic heterocycles. The first-order chi connectivity index (χ1) is 17.0. The molecule has 0 radical (unpaired) electrons. The second kappa shape index (κ2) is 11.1. The number of nitrogens with one attached hydrogen (secondary N) is 1. The van der Waals surface area contributed by atoms with Crippen molar-refractivity contribution < 1.29 is 15.0 Å². The maximum Gasteiger partial charge on any atom is 0.234 e. The van der Waals surface area contributed by atoms with Gasteiger partial charge in [-0.3, -0.25) is 4.79 Å². The van der Waals surface area contributed by atoms with E-state index < -0.39 is 6.10 Å². The summed E-state index contributed by atoms with van der Waals surface area (Å²) in [7, 11) is 0. The Morgan fingerprint density at radius 2 is 1.86 bits per heavy atom. The van der Waals surface area contributed by atoms with E-state index in [0.29, 0.717) is 11.7 Å². The van der Waals surface area contributed by atoms with Gasteiger partial charge >= 0.3 is 0 Å². The fourth-order valence-corrected chi connectivity index (χ4v) is 4.49. The number of hydrogen-bond acceptors (Lipinski definition) is 5. The quantitative estimate of drug-likeness (QED) is 0.436. The predicted molar refractivity (Wildman–Crippen MR) is 134 cm³/mol. The van der Waals surface area contributed by atoms with Crippen molar-refractivity contribution in [2.75, 3.05) is 6.61 Å². The van der Waals surface area contributed by atoms with Crippen LogP contribution < -0.4 is 5.32 Å². The van der Waals surface area contributed by atoms with Crippen LogP contribution >= 0.6 is 0 Å². The van der Waals surface area contributed by atoms with Crippen LogP contribution in [0.2, 0.25) is 0 Å². The van der Waals surface area contributed by atoms with Crippen molar-refractivity contribution in [2.24, 2.45) is 0 Å². The lowest BCUT2D eigenvalue weighted by Crippen LogP contribution is -2.43. The molecule has 7 nitrogen and oxygen atoms in total. The van der Waals surface area contributed by atoms with Gasteiger partial charge in [0.05, 0.1) is 18.7 Å². The summed E-state index contributed by atoms with van der Waals surface area (Å²) >= 11 is 0. The summed E-state index contributed by atoms with van der Waals surface area (Å²) in [6.45, 7) is 1.56. The number of amides is 1. The molecule has 35 heavy (non-hydrogen) atoms. The third-order valence-electron chi connectivity index (χ3n) is 6.50. The van der Waals surface area contributed by atoms with Gasteiger partial charge in [-0.2, -0.15) is 5.26 Å².